The lowest BCUT2D eigenvalue weighted by Gasteiger charge is -2.40. The summed E-state index contributed by atoms with van der Waals surface area (Å²) in [5.41, 5.74) is -0.391. The van der Waals surface area contributed by atoms with Gasteiger partial charge in [0.25, 0.3) is 0 Å². The Labute approximate surface area is 224 Å². The molecule has 1 amide bonds. The van der Waals surface area contributed by atoms with Crippen molar-refractivity contribution in [3.8, 4) is 0 Å². The van der Waals surface area contributed by atoms with Crippen LogP contribution in [0.3, 0.4) is 0 Å². The molecule has 7 atom stereocenters. The van der Waals surface area contributed by atoms with Gasteiger partial charge >= 0.3 is 27.3 Å². The highest BCUT2D eigenvalue weighted by molar-refractivity contribution is 7.86. The van der Waals surface area contributed by atoms with E-state index in [0.717, 1.165) is 5.39 Å². The van der Waals surface area contributed by atoms with Crippen LogP contribution in [-0.2, 0) is 29.2 Å². The molecule has 0 spiro atoms. The smallest absolute Gasteiger partial charge is 0.405 e. The molecule has 1 saturated heterocycles. The molecule has 9 nitrogen and oxygen atoms in total. The quantitative estimate of drug-likeness (QED) is 0.415. The average Bonchev–Trinajstić information content (AvgIpc) is 3.45. The van der Waals surface area contributed by atoms with Crippen LogP contribution in [0.1, 0.15) is 44.5 Å². The van der Waals surface area contributed by atoms with Crippen molar-refractivity contribution in [3.05, 3.63) is 48.0 Å². The largest absolute Gasteiger partial charge is 0.456 e. The van der Waals surface area contributed by atoms with E-state index >= 15 is 0 Å². The Morgan fingerprint density at radius 1 is 1.08 bits per heavy atom. The first-order valence-electron chi connectivity index (χ1n) is 12.6. The maximum absolute atomic E-state index is 14.1. The number of hydrogen-bond acceptors (Lipinski definition) is 7. The minimum absolute atomic E-state index is 0.305. The number of rotatable bonds is 6. The zero-order chi connectivity index (χ0) is 28.7. The van der Waals surface area contributed by atoms with E-state index in [2.05, 4.69) is 0 Å². The molecule has 210 valence electrons. The molecule has 0 aromatic heterocycles. The van der Waals surface area contributed by atoms with Gasteiger partial charge in [-0.3, -0.25) is 14.1 Å². The van der Waals surface area contributed by atoms with Gasteiger partial charge in [-0.1, -0.05) is 36.4 Å². The Morgan fingerprint density at radius 2 is 1.72 bits per heavy atom. The summed E-state index contributed by atoms with van der Waals surface area (Å²) >= 11 is 0. The molecule has 3 fully saturated rings. The number of carbonyl (C=O) groups is 3. The molecule has 3 aliphatic rings. The van der Waals surface area contributed by atoms with E-state index < -0.39 is 68.9 Å². The maximum Gasteiger partial charge on any atom is 0.405 e. The van der Waals surface area contributed by atoms with Crippen molar-refractivity contribution < 1.29 is 45.6 Å². The van der Waals surface area contributed by atoms with Crippen LogP contribution in [0.4, 0.5) is 8.78 Å². The molecule has 2 aromatic carbocycles. The maximum atomic E-state index is 14.1. The number of esters is 2. The number of benzene rings is 2. The number of likely N-dealkylation sites (tertiary alicyclic amines) is 1. The third kappa shape index (κ3) is 4.19. The third-order valence-corrected chi connectivity index (χ3v) is 9.25. The molecule has 7 unspecified atom stereocenters. The third-order valence-electron chi connectivity index (χ3n) is 8.23. The highest BCUT2D eigenvalue weighted by Crippen LogP contribution is 2.61. The van der Waals surface area contributed by atoms with Crippen LogP contribution in [0.2, 0.25) is 0 Å². The van der Waals surface area contributed by atoms with Gasteiger partial charge < -0.3 is 14.4 Å². The number of ether oxygens (including phenoxy) is 2. The number of halogens is 2. The molecule has 39 heavy (non-hydrogen) atoms. The number of nitrogens with zero attached hydrogens (tertiary/aromatic N) is 1. The average molecular weight is 566 g/mol. The summed E-state index contributed by atoms with van der Waals surface area (Å²) < 4.78 is 70.4. The van der Waals surface area contributed by atoms with Gasteiger partial charge in [0.15, 0.2) is 6.10 Å². The Morgan fingerprint density at radius 3 is 2.36 bits per heavy atom. The summed E-state index contributed by atoms with van der Waals surface area (Å²) in [5, 5.41) is -3.26. The first kappa shape index (κ1) is 27.4. The van der Waals surface area contributed by atoms with Crippen molar-refractivity contribution in [1.82, 2.24) is 4.90 Å². The van der Waals surface area contributed by atoms with Crippen molar-refractivity contribution in [2.45, 2.75) is 63.2 Å². The monoisotopic (exact) mass is 565 g/mol. The Kier molecular flexibility index (Phi) is 6.30. The molecule has 2 saturated carbocycles. The molecule has 5 rings (SSSR count). The summed E-state index contributed by atoms with van der Waals surface area (Å²) in [6.07, 6.45) is -3.11. The van der Waals surface area contributed by atoms with Gasteiger partial charge in [0, 0.05) is 11.5 Å². The number of fused-ring (bicyclic) bond motifs is 2. The van der Waals surface area contributed by atoms with Crippen molar-refractivity contribution in [2.75, 3.05) is 0 Å². The molecule has 12 heteroatoms. The van der Waals surface area contributed by atoms with E-state index in [0.29, 0.717) is 24.3 Å². The van der Waals surface area contributed by atoms with Gasteiger partial charge in [0.1, 0.15) is 6.10 Å². The van der Waals surface area contributed by atoms with Crippen LogP contribution >= 0.6 is 0 Å². The van der Waals surface area contributed by atoms with Gasteiger partial charge in [0.2, 0.25) is 5.91 Å². The zero-order valence-corrected chi connectivity index (χ0v) is 22.5. The van der Waals surface area contributed by atoms with Gasteiger partial charge in [-0.15, -0.1) is 0 Å². The number of carbonyl (C=O) groups excluding carboxylic acids is 3. The topological polar surface area (TPSA) is 127 Å². The molecular formula is C27H29F2NO8S. The lowest BCUT2D eigenvalue weighted by molar-refractivity contribution is -0.170. The highest BCUT2D eigenvalue weighted by Gasteiger charge is 2.72. The van der Waals surface area contributed by atoms with Crippen molar-refractivity contribution in [2.24, 2.45) is 23.7 Å². The second-order valence-electron chi connectivity index (χ2n) is 11.5. The van der Waals surface area contributed by atoms with Gasteiger partial charge in [-0.2, -0.15) is 17.2 Å². The van der Waals surface area contributed by atoms with E-state index in [4.69, 9.17) is 14.0 Å². The van der Waals surface area contributed by atoms with Crippen molar-refractivity contribution >= 4 is 38.7 Å². The summed E-state index contributed by atoms with van der Waals surface area (Å²) in [6.45, 7) is 6.09. The van der Waals surface area contributed by atoms with Crippen LogP contribution in [0, 0.1) is 23.7 Å². The van der Waals surface area contributed by atoms with E-state index in [1.54, 1.807) is 29.2 Å². The number of alkyl halides is 2. The number of hydrogen-bond donors (Lipinski definition) is 1. The van der Waals surface area contributed by atoms with Crippen LogP contribution in [0.15, 0.2) is 42.5 Å². The summed E-state index contributed by atoms with van der Waals surface area (Å²) in [5.74, 6) is -5.42. The van der Waals surface area contributed by atoms with Gasteiger partial charge in [-0.05, 0) is 56.9 Å². The fourth-order valence-electron chi connectivity index (χ4n) is 6.69. The van der Waals surface area contributed by atoms with Crippen molar-refractivity contribution in [1.29, 1.82) is 0 Å². The normalized spacial score (nSPS) is 29.1. The minimum Gasteiger partial charge on any atom is -0.456 e. The molecule has 2 bridgehead atoms. The van der Waals surface area contributed by atoms with Crippen LogP contribution < -0.4 is 0 Å². The summed E-state index contributed by atoms with van der Waals surface area (Å²) in [7, 11) is -5.86. The van der Waals surface area contributed by atoms with Gasteiger partial charge in [0.05, 0.1) is 23.4 Å². The molecule has 1 aliphatic heterocycles. The first-order valence-corrected chi connectivity index (χ1v) is 14.1. The summed E-state index contributed by atoms with van der Waals surface area (Å²) in [4.78, 5) is 41.9. The Hall–Kier alpha value is -3.12. The van der Waals surface area contributed by atoms with E-state index in [1.165, 1.54) is 0 Å². The predicted octanol–water partition coefficient (Wildman–Crippen LogP) is 3.67. The molecule has 2 aromatic rings. The van der Waals surface area contributed by atoms with E-state index in [-0.39, 0.29) is 11.8 Å². The molecule has 0 radical (unpaired) electrons. The van der Waals surface area contributed by atoms with Crippen LogP contribution in [0.5, 0.6) is 0 Å². The number of amides is 1. The molecule has 2 aliphatic carbocycles. The molecule has 1 N–H and O–H groups in total. The van der Waals surface area contributed by atoms with Crippen molar-refractivity contribution in [3.63, 3.8) is 0 Å². The van der Waals surface area contributed by atoms with E-state index in [9.17, 15) is 31.6 Å². The first-order chi connectivity index (χ1) is 18.1. The molecule has 1 heterocycles. The molecular weight excluding hydrogens is 536 g/mol. The predicted molar refractivity (Wildman–Crippen MR) is 134 cm³/mol. The lowest BCUT2D eigenvalue weighted by atomic mass is 9.78. The second-order valence-corrected chi connectivity index (χ2v) is 13.0. The van der Waals surface area contributed by atoms with E-state index in [1.807, 2.05) is 39.0 Å². The second kappa shape index (κ2) is 8.95. The Bertz CT molecular complexity index is 1460. The van der Waals surface area contributed by atoms with Crippen LogP contribution in [0.25, 0.3) is 10.8 Å². The fourth-order valence-corrected chi connectivity index (χ4v) is 7.16. The fraction of sp³-hybridized carbons (Fsp3) is 0.519. The van der Waals surface area contributed by atoms with Crippen LogP contribution in [-0.4, -0.2) is 64.8 Å². The van der Waals surface area contributed by atoms with Gasteiger partial charge in [-0.25, -0.2) is 4.79 Å². The standard InChI is InChI=1S/C27H29F2NO8S/c1-13(27(28,29)39(34,35)36)37-25(33)20-18-12-17-19(20)23(31)30(26(2,3)4)21(17)22(18)38-24(32)16-11-7-9-14-8-5-6-10-15(14)16/h5-11,13,17-22H,12H2,1-4H3,(H,34,35,36). The highest BCUT2D eigenvalue weighted by atomic mass is 32.2. The Balaban J connectivity index is 1.48. The zero-order valence-electron chi connectivity index (χ0n) is 21.7. The lowest BCUT2D eigenvalue weighted by Crippen LogP contribution is -2.53. The SMILES string of the molecule is CC(OC(=O)C1C2CC3C1C(=O)N(C(C)(C)C)C3C2OC(=O)c1cccc2ccccc12)C(F)(F)S(=O)(=O)O. The summed E-state index contributed by atoms with van der Waals surface area (Å²) in [6, 6.07) is 11.9. The minimum atomic E-state index is -5.86.